The van der Waals surface area contributed by atoms with E-state index in [-0.39, 0.29) is 11.9 Å². The zero-order chi connectivity index (χ0) is 24.4. The maximum atomic E-state index is 11.8. The first-order chi connectivity index (χ1) is 16.1. The first-order valence-corrected chi connectivity index (χ1v) is 14.4. The minimum absolute atomic E-state index is 0.00981. The number of hydrogen-bond donors (Lipinski definition) is 0. The molecule has 0 spiro atoms. The van der Waals surface area contributed by atoms with E-state index in [9.17, 15) is 9.59 Å². The summed E-state index contributed by atoms with van der Waals surface area (Å²) in [6.07, 6.45) is 24.1. The molecule has 0 aliphatic heterocycles. The topological polar surface area (TPSA) is 52.6 Å². The summed E-state index contributed by atoms with van der Waals surface area (Å²) in [6, 6.07) is 0. The van der Waals surface area contributed by atoms with Crippen LogP contribution >= 0.6 is 0 Å². The number of carbonyl (C=O) groups is 2. The van der Waals surface area contributed by atoms with Crippen LogP contribution in [0.4, 0.5) is 0 Å². The Morgan fingerprint density at radius 3 is 1.39 bits per heavy atom. The smallest absolute Gasteiger partial charge is 0.305 e. The number of hydrogen-bond acceptors (Lipinski definition) is 4. The Bertz CT molecular complexity index is 435. The molecule has 0 radical (unpaired) electrons. The van der Waals surface area contributed by atoms with Gasteiger partial charge in [-0.15, -0.1) is 0 Å². The summed E-state index contributed by atoms with van der Waals surface area (Å²) in [5, 5.41) is 0. The standard InChI is InChI=1S/C29H56O4/c1-4-7-25-32-28(30)22-20-18-16-14-12-10-9-11-13-15-17-19-21-27(6-3)23-24-29(31)33-26-8-5-2/h27H,4-26H2,1-3H3. The molecule has 0 amide bonds. The van der Waals surface area contributed by atoms with Gasteiger partial charge in [0.2, 0.25) is 0 Å². The highest BCUT2D eigenvalue weighted by atomic mass is 16.5. The monoisotopic (exact) mass is 468 g/mol. The molecule has 0 saturated heterocycles. The van der Waals surface area contributed by atoms with Crippen molar-refractivity contribution >= 4 is 11.9 Å². The van der Waals surface area contributed by atoms with E-state index < -0.39 is 0 Å². The molecule has 0 aromatic carbocycles. The summed E-state index contributed by atoms with van der Waals surface area (Å²) in [5.74, 6) is 0.649. The highest BCUT2D eigenvalue weighted by Gasteiger charge is 2.10. The fourth-order valence-electron chi connectivity index (χ4n) is 4.15. The third-order valence-electron chi connectivity index (χ3n) is 6.60. The normalized spacial score (nSPS) is 12.0. The van der Waals surface area contributed by atoms with Crippen molar-refractivity contribution in [1.29, 1.82) is 0 Å². The molecule has 33 heavy (non-hydrogen) atoms. The van der Waals surface area contributed by atoms with E-state index in [0.29, 0.717) is 32.0 Å². The Kier molecular flexibility index (Phi) is 24.7. The fraction of sp³-hybridized carbons (Fsp3) is 0.931. The molecule has 0 aliphatic carbocycles. The van der Waals surface area contributed by atoms with Crippen LogP contribution in [-0.2, 0) is 19.1 Å². The van der Waals surface area contributed by atoms with Crippen LogP contribution < -0.4 is 0 Å². The minimum atomic E-state index is -0.0174. The van der Waals surface area contributed by atoms with Gasteiger partial charge in [0, 0.05) is 12.8 Å². The van der Waals surface area contributed by atoms with Crippen molar-refractivity contribution in [2.45, 2.75) is 156 Å². The van der Waals surface area contributed by atoms with Gasteiger partial charge in [-0.3, -0.25) is 9.59 Å². The van der Waals surface area contributed by atoms with Crippen LogP contribution in [0.2, 0.25) is 0 Å². The van der Waals surface area contributed by atoms with Gasteiger partial charge in [-0.1, -0.05) is 117 Å². The van der Waals surface area contributed by atoms with Crippen LogP contribution in [0.1, 0.15) is 156 Å². The molecular weight excluding hydrogens is 412 g/mol. The predicted molar refractivity (Wildman–Crippen MR) is 139 cm³/mol. The van der Waals surface area contributed by atoms with Crippen molar-refractivity contribution in [3.8, 4) is 0 Å². The maximum Gasteiger partial charge on any atom is 0.305 e. The van der Waals surface area contributed by atoms with E-state index in [0.717, 1.165) is 44.9 Å². The van der Waals surface area contributed by atoms with Gasteiger partial charge in [0.1, 0.15) is 0 Å². The summed E-state index contributed by atoms with van der Waals surface area (Å²) >= 11 is 0. The molecule has 0 aromatic heterocycles. The number of ether oxygens (including phenoxy) is 2. The molecular formula is C29H56O4. The van der Waals surface area contributed by atoms with E-state index in [2.05, 4.69) is 20.8 Å². The number of rotatable bonds is 25. The lowest BCUT2D eigenvalue weighted by Gasteiger charge is -2.14. The summed E-state index contributed by atoms with van der Waals surface area (Å²) in [7, 11) is 0. The SMILES string of the molecule is CCCCOC(=O)CCCCCCCCCCCCCCC(CC)CCC(=O)OCCCC. The van der Waals surface area contributed by atoms with Crippen LogP contribution in [0.5, 0.6) is 0 Å². The lowest BCUT2D eigenvalue weighted by molar-refractivity contribution is -0.144. The molecule has 0 saturated carbocycles. The minimum Gasteiger partial charge on any atom is -0.466 e. The number of esters is 2. The van der Waals surface area contributed by atoms with Crippen molar-refractivity contribution in [3.63, 3.8) is 0 Å². The van der Waals surface area contributed by atoms with Gasteiger partial charge in [0.25, 0.3) is 0 Å². The number of unbranched alkanes of at least 4 members (excludes halogenated alkanes) is 13. The Morgan fingerprint density at radius 2 is 0.939 bits per heavy atom. The second-order valence-electron chi connectivity index (χ2n) is 9.74. The van der Waals surface area contributed by atoms with Crippen LogP contribution in [0.15, 0.2) is 0 Å². The average molecular weight is 469 g/mol. The molecule has 1 atom stereocenters. The first kappa shape index (κ1) is 31.9. The zero-order valence-corrected chi connectivity index (χ0v) is 22.5. The molecule has 4 nitrogen and oxygen atoms in total. The van der Waals surface area contributed by atoms with Crippen LogP contribution in [0.25, 0.3) is 0 Å². The molecule has 0 rings (SSSR count). The van der Waals surface area contributed by atoms with Crippen molar-refractivity contribution in [1.82, 2.24) is 0 Å². The largest absolute Gasteiger partial charge is 0.466 e. The van der Waals surface area contributed by atoms with Crippen LogP contribution in [0.3, 0.4) is 0 Å². The summed E-state index contributed by atoms with van der Waals surface area (Å²) in [6.45, 7) is 7.64. The molecule has 0 bridgehead atoms. The second-order valence-corrected chi connectivity index (χ2v) is 9.74. The molecule has 0 fully saturated rings. The lowest BCUT2D eigenvalue weighted by atomic mass is 9.93. The number of carbonyl (C=O) groups excluding carboxylic acids is 2. The molecule has 0 aromatic rings. The van der Waals surface area contributed by atoms with Gasteiger partial charge in [-0.05, 0) is 31.6 Å². The maximum absolute atomic E-state index is 11.8. The molecule has 0 N–H and O–H groups in total. The highest BCUT2D eigenvalue weighted by molar-refractivity contribution is 5.69. The molecule has 196 valence electrons. The summed E-state index contributed by atoms with van der Waals surface area (Å²) in [5.41, 5.74) is 0. The van der Waals surface area contributed by atoms with Gasteiger partial charge in [-0.25, -0.2) is 0 Å². The zero-order valence-electron chi connectivity index (χ0n) is 22.5. The molecule has 4 heteroatoms. The Balaban J connectivity index is 3.36. The first-order valence-electron chi connectivity index (χ1n) is 14.4. The van der Waals surface area contributed by atoms with Crippen LogP contribution in [-0.4, -0.2) is 25.2 Å². The van der Waals surface area contributed by atoms with E-state index in [1.165, 1.54) is 77.0 Å². The van der Waals surface area contributed by atoms with Crippen LogP contribution in [0, 0.1) is 5.92 Å². The summed E-state index contributed by atoms with van der Waals surface area (Å²) < 4.78 is 10.5. The molecule has 0 heterocycles. The molecule has 1 unspecified atom stereocenters. The van der Waals surface area contributed by atoms with Crippen molar-refractivity contribution in [3.05, 3.63) is 0 Å². The van der Waals surface area contributed by atoms with Gasteiger partial charge in [0.05, 0.1) is 13.2 Å². The van der Waals surface area contributed by atoms with E-state index in [1.54, 1.807) is 0 Å². The van der Waals surface area contributed by atoms with E-state index in [1.807, 2.05) is 0 Å². The highest BCUT2D eigenvalue weighted by Crippen LogP contribution is 2.20. The third kappa shape index (κ3) is 23.9. The van der Waals surface area contributed by atoms with Crippen molar-refractivity contribution < 1.29 is 19.1 Å². The van der Waals surface area contributed by atoms with E-state index >= 15 is 0 Å². The Labute approximate surface area is 206 Å². The molecule has 0 aliphatic rings. The van der Waals surface area contributed by atoms with Gasteiger partial charge < -0.3 is 9.47 Å². The third-order valence-corrected chi connectivity index (χ3v) is 6.60. The van der Waals surface area contributed by atoms with E-state index in [4.69, 9.17) is 9.47 Å². The van der Waals surface area contributed by atoms with Gasteiger partial charge in [0.15, 0.2) is 0 Å². The quantitative estimate of drug-likeness (QED) is 0.0991. The average Bonchev–Trinajstić information content (AvgIpc) is 2.81. The van der Waals surface area contributed by atoms with Gasteiger partial charge >= 0.3 is 11.9 Å². The Hall–Kier alpha value is -1.06. The van der Waals surface area contributed by atoms with Crippen molar-refractivity contribution in [2.24, 2.45) is 5.92 Å². The van der Waals surface area contributed by atoms with Crippen molar-refractivity contribution in [2.75, 3.05) is 13.2 Å². The summed E-state index contributed by atoms with van der Waals surface area (Å²) in [4.78, 5) is 23.3. The van der Waals surface area contributed by atoms with Gasteiger partial charge in [-0.2, -0.15) is 0 Å². The predicted octanol–water partition coefficient (Wildman–Crippen LogP) is 8.94. The lowest BCUT2D eigenvalue weighted by Crippen LogP contribution is -2.09. The Morgan fingerprint density at radius 1 is 0.515 bits per heavy atom. The second kappa shape index (κ2) is 25.6. The fourth-order valence-corrected chi connectivity index (χ4v) is 4.15.